The second-order valence-corrected chi connectivity index (χ2v) is 4.95. The molecule has 1 aromatic rings. The van der Waals surface area contributed by atoms with E-state index in [1.807, 2.05) is 11.9 Å². The van der Waals surface area contributed by atoms with Crippen LogP contribution in [0.4, 0.5) is 0 Å². The van der Waals surface area contributed by atoms with Gasteiger partial charge in [-0.25, -0.2) is 0 Å². The predicted molar refractivity (Wildman–Crippen MR) is 75.7 cm³/mol. The summed E-state index contributed by atoms with van der Waals surface area (Å²) in [4.78, 5) is 14.0. The average molecular weight is 288 g/mol. The number of halogens is 1. The maximum Gasteiger partial charge on any atom is 0.276 e. The van der Waals surface area contributed by atoms with E-state index in [2.05, 4.69) is 10.5 Å². The van der Waals surface area contributed by atoms with Crippen molar-refractivity contribution >= 4 is 18.3 Å². The number of likely N-dealkylation sites (tertiary alicyclic amines) is 1. The highest BCUT2D eigenvalue weighted by Crippen LogP contribution is 2.21. The van der Waals surface area contributed by atoms with Crippen molar-refractivity contribution in [3.63, 3.8) is 0 Å². The molecular formula is C13H22ClN3O2. The van der Waals surface area contributed by atoms with Crippen molar-refractivity contribution in [3.05, 3.63) is 17.5 Å². The number of rotatable bonds is 4. The Hall–Kier alpha value is -1.07. The van der Waals surface area contributed by atoms with Crippen LogP contribution in [-0.2, 0) is 0 Å². The molecule has 1 aliphatic rings. The predicted octanol–water partition coefficient (Wildman–Crippen LogP) is 1.87. The van der Waals surface area contributed by atoms with Crippen LogP contribution in [0.3, 0.4) is 0 Å². The van der Waals surface area contributed by atoms with E-state index in [1.54, 1.807) is 13.0 Å². The van der Waals surface area contributed by atoms with Crippen molar-refractivity contribution < 1.29 is 9.32 Å². The van der Waals surface area contributed by atoms with Gasteiger partial charge in [-0.05, 0) is 45.7 Å². The number of aromatic nitrogens is 1. The summed E-state index contributed by atoms with van der Waals surface area (Å²) in [5, 5.41) is 6.96. The minimum Gasteiger partial charge on any atom is -0.361 e. The quantitative estimate of drug-likeness (QED) is 0.918. The Balaban J connectivity index is 0.00000180. The van der Waals surface area contributed by atoms with Gasteiger partial charge in [0.2, 0.25) is 0 Å². The van der Waals surface area contributed by atoms with Crippen LogP contribution in [0, 0.1) is 12.8 Å². The SMILES string of the molecule is CNCCC1CCN(C(=O)c2cc(C)on2)CC1.Cl. The fraction of sp³-hybridized carbons (Fsp3) is 0.692. The number of hydrogen-bond acceptors (Lipinski definition) is 4. The van der Waals surface area contributed by atoms with Crippen molar-refractivity contribution in [2.24, 2.45) is 5.92 Å². The Morgan fingerprint density at radius 3 is 2.74 bits per heavy atom. The van der Waals surface area contributed by atoms with Gasteiger partial charge in [-0.15, -0.1) is 12.4 Å². The smallest absolute Gasteiger partial charge is 0.276 e. The second-order valence-electron chi connectivity index (χ2n) is 4.95. The molecule has 2 rings (SSSR count). The first kappa shape index (κ1) is 16.0. The fourth-order valence-corrected chi connectivity index (χ4v) is 2.40. The Labute approximate surface area is 120 Å². The third-order valence-corrected chi connectivity index (χ3v) is 3.55. The van der Waals surface area contributed by atoms with E-state index in [0.29, 0.717) is 11.5 Å². The lowest BCUT2D eigenvalue weighted by atomic mass is 9.93. The summed E-state index contributed by atoms with van der Waals surface area (Å²) in [6, 6.07) is 1.70. The van der Waals surface area contributed by atoms with Crippen LogP contribution in [0.25, 0.3) is 0 Å². The third kappa shape index (κ3) is 4.21. The summed E-state index contributed by atoms with van der Waals surface area (Å²) >= 11 is 0. The lowest BCUT2D eigenvalue weighted by Gasteiger charge is -2.31. The number of hydrogen-bond donors (Lipinski definition) is 1. The zero-order valence-electron chi connectivity index (χ0n) is 11.5. The fourth-order valence-electron chi connectivity index (χ4n) is 2.40. The van der Waals surface area contributed by atoms with Crippen LogP contribution >= 0.6 is 12.4 Å². The third-order valence-electron chi connectivity index (χ3n) is 3.55. The van der Waals surface area contributed by atoms with E-state index in [9.17, 15) is 4.79 Å². The highest BCUT2D eigenvalue weighted by molar-refractivity contribution is 5.92. The van der Waals surface area contributed by atoms with Crippen LogP contribution in [0.5, 0.6) is 0 Å². The molecule has 0 unspecified atom stereocenters. The molecule has 1 fully saturated rings. The first-order valence-corrected chi connectivity index (χ1v) is 6.58. The monoisotopic (exact) mass is 287 g/mol. The molecule has 1 N–H and O–H groups in total. The topological polar surface area (TPSA) is 58.4 Å². The van der Waals surface area contributed by atoms with Crippen molar-refractivity contribution in [2.75, 3.05) is 26.7 Å². The summed E-state index contributed by atoms with van der Waals surface area (Å²) < 4.78 is 4.94. The summed E-state index contributed by atoms with van der Waals surface area (Å²) in [5.74, 6) is 1.42. The van der Waals surface area contributed by atoms with Crippen LogP contribution in [0.15, 0.2) is 10.6 Å². The van der Waals surface area contributed by atoms with Crippen molar-refractivity contribution in [2.45, 2.75) is 26.2 Å². The van der Waals surface area contributed by atoms with Gasteiger partial charge in [-0.1, -0.05) is 5.16 Å². The first-order chi connectivity index (χ1) is 8.70. The standard InChI is InChI=1S/C13H21N3O2.ClH/c1-10-9-12(15-18-10)13(17)16-7-4-11(5-8-16)3-6-14-2;/h9,11,14H,3-8H2,1-2H3;1H. The summed E-state index contributed by atoms with van der Waals surface area (Å²) in [7, 11) is 1.98. The van der Waals surface area contributed by atoms with Gasteiger partial charge < -0.3 is 14.7 Å². The lowest BCUT2D eigenvalue weighted by Crippen LogP contribution is -2.39. The largest absolute Gasteiger partial charge is 0.361 e. The molecule has 2 heterocycles. The minimum atomic E-state index is -0.00100. The van der Waals surface area contributed by atoms with E-state index in [4.69, 9.17) is 4.52 Å². The number of carbonyl (C=O) groups excluding carboxylic acids is 1. The molecule has 1 aromatic heterocycles. The van der Waals surface area contributed by atoms with Crippen molar-refractivity contribution in [3.8, 4) is 0 Å². The van der Waals surface area contributed by atoms with Crippen LogP contribution in [0.2, 0.25) is 0 Å². The van der Waals surface area contributed by atoms with E-state index >= 15 is 0 Å². The molecule has 19 heavy (non-hydrogen) atoms. The van der Waals surface area contributed by atoms with E-state index in [-0.39, 0.29) is 18.3 Å². The summed E-state index contributed by atoms with van der Waals surface area (Å²) in [5.41, 5.74) is 0.432. The molecule has 5 nitrogen and oxygen atoms in total. The molecular weight excluding hydrogens is 266 g/mol. The molecule has 0 spiro atoms. The summed E-state index contributed by atoms with van der Waals surface area (Å²) in [6.07, 6.45) is 3.37. The molecule has 1 aliphatic heterocycles. The van der Waals surface area contributed by atoms with Crippen LogP contribution in [-0.4, -0.2) is 42.6 Å². The normalized spacial score (nSPS) is 16.2. The molecule has 108 valence electrons. The Morgan fingerprint density at radius 2 is 2.21 bits per heavy atom. The van der Waals surface area contributed by atoms with Crippen LogP contribution in [0.1, 0.15) is 35.5 Å². The number of amides is 1. The minimum absolute atomic E-state index is 0. The van der Waals surface area contributed by atoms with Gasteiger partial charge in [0.05, 0.1) is 0 Å². The first-order valence-electron chi connectivity index (χ1n) is 6.58. The Bertz CT molecular complexity index is 400. The van der Waals surface area contributed by atoms with Crippen LogP contribution < -0.4 is 5.32 Å². The van der Waals surface area contributed by atoms with E-state index < -0.39 is 0 Å². The van der Waals surface area contributed by atoms with Crippen molar-refractivity contribution in [1.29, 1.82) is 0 Å². The highest BCUT2D eigenvalue weighted by Gasteiger charge is 2.24. The second kappa shape index (κ2) is 7.50. The number of aryl methyl sites for hydroxylation is 1. The van der Waals surface area contributed by atoms with E-state index in [1.165, 1.54) is 6.42 Å². The molecule has 0 aliphatic carbocycles. The maximum absolute atomic E-state index is 12.1. The van der Waals surface area contributed by atoms with Gasteiger partial charge in [0.1, 0.15) is 5.76 Å². The van der Waals surface area contributed by atoms with Gasteiger partial charge >= 0.3 is 0 Å². The Morgan fingerprint density at radius 1 is 1.53 bits per heavy atom. The molecule has 0 atom stereocenters. The van der Waals surface area contributed by atoms with Gasteiger partial charge in [0, 0.05) is 19.2 Å². The van der Waals surface area contributed by atoms with Gasteiger partial charge in [-0.3, -0.25) is 4.79 Å². The molecule has 0 aromatic carbocycles. The number of nitrogens with one attached hydrogen (secondary N) is 1. The van der Waals surface area contributed by atoms with Gasteiger partial charge in [0.25, 0.3) is 5.91 Å². The molecule has 0 radical (unpaired) electrons. The lowest BCUT2D eigenvalue weighted by molar-refractivity contribution is 0.0676. The highest BCUT2D eigenvalue weighted by atomic mass is 35.5. The number of nitrogens with zero attached hydrogens (tertiary/aromatic N) is 2. The van der Waals surface area contributed by atoms with Gasteiger partial charge in [0.15, 0.2) is 5.69 Å². The molecule has 1 amide bonds. The molecule has 0 saturated carbocycles. The number of carbonyl (C=O) groups is 1. The zero-order chi connectivity index (χ0) is 13.0. The molecule has 0 bridgehead atoms. The molecule has 1 saturated heterocycles. The average Bonchev–Trinajstić information content (AvgIpc) is 2.83. The Kier molecular flexibility index (Phi) is 6.31. The zero-order valence-corrected chi connectivity index (χ0v) is 12.3. The number of piperidine rings is 1. The summed E-state index contributed by atoms with van der Waals surface area (Å²) in [6.45, 7) is 4.52. The van der Waals surface area contributed by atoms with E-state index in [0.717, 1.165) is 38.4 Å². The van der Waals surface area contributed by atoms with Gasteiger partial charge in [-0.2, -0.15) is 0 Å². The maximum atomic E-state index is 12.1. The molecule has 6 heteroatoms. The van der Waals surface area contributed by atoms with Crippen molar-refractivity contribution in [1.82, 2.24) is 15.4 Å².